The summed E-state index contributed by atoms with van der Waals surface area (Å²) in [5, 5.41) is 4.68. The van der Waals surface area contributed by atoms with Crippen LogP contribution in [0.4, 0.5) is 0 Å². The molecule has 2 N–H and O–H groups in total. The molecule has 0 atom stereocenters. The fraction of sp³-hybridized carbons (Fsp3) is 0.250. The van der Waals surface area contributed by atoms with Gasteiger partial charge in [-0.15, -0.1) is 0 Å². The van der Waals surface area contributed by atoms with Crippen LogP contribution >= 0.6 is 22.6 Å². The number of hydrogen-bond acceptors (Lipinski definition) is 4. The summed E-state index contributed by atoms with van der Waals surface area (Å²) in [5.74, 6) is -1.42. The number of amides is 2. The second kappa shape index (κ2) is 7.72. The molecule has 0 spiro atoms. The van der Waals surface area contributed by atoms with Crippen LogP contribution in [0.25, 0.3) is 0 Å². The zero-order valence-electron chi connectivity index (χ0n) is 10.2. The van der Waals surface area contributed by atoms with Gasteiger partial charge in [0.2, 0.25) is 5.91 Å². The van der Waals surface area contributed by atoms with Crippen LogP contribution in [0, 0.1) is 3.57 Å². The van der Waals surface area contributed by atoms with E-state index in [1.54, 1.807) is 24.3 Å². The number of esters is 1. The van der Waals surface area contributed by atoms with Gasteiger partial charge in [-0.2, -0.15) is 0 Å². The number of hydrogen-bond donors (Lipinski definition) is 2. The third-order valence-electron chi connectivity index (χ3n) is 2.15. The maximum atomic E-state index is 11.7. The number of carbonyl (C=O) groups is 3. The highest BCUT2D eigenvalue weighted by Crippen LogP contribution is 2.12. The molecule has 0 heterocycles. The first-order valence-corrected chi connectivity index (χ1v) is 6.51. The summed E-state index contributed by atoms with van der Waals surface area (Å²) < 4.78 is 5.60. The molecule has 0 aliphatic heterocycles. The molecule has 19 heavy (non-hydrogen) atoms. The molecule has 0 aliphatic rings. The lowest BCUT2D eigenvalue weighted by Crippen LogP contribution is -2.37. The van der Waals surface area contributed by atoms with Crippen LogP contribution in [-0.4, -0.2) is 38.0 Å². The summed E-state index contributed by atoms with van der Waals surface area (Å²) in [6.07, 6.45) is 0. The molecule has 1 rings (SSSR count). The van der Waals surface area contributed by atoms with Gasteiger partial charge in [0.15, 0.2) is 6.61 Å². The van der Waals surface area contributed by atoms with Gasteiger partial charge in [-0.05, 0) is 34.7 Å². The molecule has 0 saturated heterocycles. The van der Waals surface area contributed by atoms with Crippen LogP contribution in [0.3, 0.4) is 0 Å². The van der Waals surface area contributed by atoms with E-state index in [2.05, 4.69) is 10.6 Å². The minimum atomic E-state index is -0.569. The number of rotatable bonds is 5. The third kappa shape index (κ3) is 5.25. The van der Waals surface area contributed by atoms with Crippen molar-refractivity contribution >= 4 is 40.4 Å². The first kappa shape index (κ1) is 15.4. The van der Waals surface area contributed by atoms with Crippen molar-refractivity contribution in [3.05, 3.63) is 33.4 Å². The molecule has 0 unspecified atom stereocenters. The molecule has 0 aliphatic carbocycles. The van der Waals surface area contributed by atoms with Crippen molar-refractivity contribution in [1.29, 1.82) is 0 Å². The van der Waals surface area contributed by atoms with Crippen molar-refractivity contribution in [2.45, 2.75) is 0 Å². The normalized spacial score (nSPS) is 9.58. The van der Waals surface area contributed by atoms with Gasteiger partial charge in [0, 0.05) is 10.6 Å². The summed E-state index contributed by atoms with van der Waals surface area (Å²) >= 11 is 2.01. The van der Waals surface area contributed by atoms with Crippen molar-refractivity contribution in [2.75, 3.05) is 20.2 Å². The maximum absolute atomic E-state index is 11.7. The summed E-state index contributed by atoms with van der Waals surface area (Å²) in [4.78, 5) is 33.9. The molecule has 0 bridgehead atoms. The van der Waals surface area contributed by atoms with Crippen LogP contribution in [0.15, 0.2) is 24.3 Å². The Kier molecular flexibility index (Phi) is 6.26. The van der Waals surface area contributed by atoms with Crippen molar-refractivity contribution < 1.29 is 19.1 Å². The van der Waals surface area contributed by atoms with Gasteiger partial charge in [-0.3, -0.25) is 9.59 Å². The first-order chi connectivity index (χ1) is 9.04. The summed E-state index contributed by atoms with van der Waals surface area (Å²) in [7, 11) is 1.46. The smallest absolute Gasteiger partial charge is 0.339 e. The summed E-state index contributed by atoms with van der Waals surface area (Å²) in [5.41, 5.74) is 0.405. The van der Waals surface area contributed by atoms with Gasteiger partial charge in [0.05, 0.1) is 12.1 Å². The fourth-order valence-electron chi connectivity index (χ4n) is 1.15. The molecule has 0 saturated carbocycles. The van der Waals surface area contributed by atoms with Gasteiger partial charge < -0.3 is 15.4 Å². The zero-order valence-corrected chi connectivity index (χ0v) is 12.4. The number of halogens is 1. The van der Waals surface area contributed by atoms with E-state index in [4.69, 9.17) is 4.74 Å². The minimum absolute atomic E-state index is 0.143. The number of likely N-dealkylation sites (N-methyl/N-ethyl adjacent to an activating group) is 1. The molecular weight excluding hydrogens is 363 g/mol. The maximum Gasteiger partial charge on any atom is 0.339 e. The molecule has 0 radical (unpaired) electrons. The van der Waals surface area contributed by atoms with Crippen LogP contribution < -0.4 is 10.6 Å². The average molecular weight is 376 g/mol. The standard InChI is InChI=1S/C12H13IN2O4/c1-14-10(16)6-15-11(17)7-19-12(18)8-4-2-3-5-9(8)13/h2-5H,6-7H2,1H3,(H,14,16)(H,15,17). The molecule has 1 aromatic carbocycles. The van der Waals surface area contributed by atoms with E-state index in [9.17, 15) is 14.4 Å². The highest BCUT2D eigenvalue weighted by molar-refractivity contribution is 14.1. The Hall–Kier alpha value is -1.64. The van der Waals surface area contributed by atoms with Gasteiger partial charge >= 0.3 is 5.97 Å². The van der Waals surface area contributed by atoms with E-state index in [1.807, 2.05) is 22.6 Å². The predicted octanol–water partition coefficient (Wildman–Crippen LogP) is 0.310. The van der Waals surface area contributed by atoms with E-state index < -0.39 is 18.5 Å². The quantitative estimate of drug-likeness (QED) is 0.573. The largest absolute Gasteiger partial charge is 0.452 e. The molecule has 0 fully saturated rings. The topological polar surface area (TPSA) is 84.5 Å². The number of nitrogens with one attached hydrogen (secondary N) is 2. The molecule has 7 heteroatoms. The summed E-state index contributed by atoms with van der Waals surface area (Å²) in [6.45, 7) is -0.559. The number of ether oxygens (including phenoxy) is 1. The molecule has 2 amide bonds. The minimum Gasteiger partial charge on any atom is -0.452 e. The monoisotopic (exact) mass is 376 g/mol. The van der Waals surface area contributed by atoms with Crippen LogP contribution in [0.1, 0.15) is 10.4 Å². The van der Waals surface area contributed by atoms with Gasteiger partial charge in [-0.25, -0.2) is 4.79 Å². The Bertz CT molecular complexity index is 490. The zero-order chi connectivity index (χ0) is 14.3. The molecule has 6 nitrogen and oxygen atoms in total. The third-order valence-corrected chi connectivity index (χ3v) is 3.09. The molecule has 1 aromatic rings. The second-order valence-corrected chi connectivity index (χ2v) is 4.67. The van der Waals surface area contributed by atoms with Crippen LogP contribution in [0.2, 0.25) is 0 Å². The Labute approximate surface area is 124 Å². The highest BCUT2D eigenvalue weighted by atomic mass is 127. The van der Waals surface area contributed by atoms with Crippen LogP contribution in [-0.2, 0) is 14.3 Å². The fourth-order valence-corrected chi connectivity index (χ4v) is 1.76. The molecule has 102 valence electrons. The van der Waals surface area contributed by atoms with Gasteiger partial charge in [-0.1, -0.05) is 12.1 Å². The predicted molar refractivity (Wildman–Crippen MR) is 76.5 cm³/mol. The van der Waals surface area contributed by atoms with Crippen molar-refractivity contribution in [3.63, 3.8) is 0 Å². The SMILES string of the molecule is CNC(=O)CNC(=O)COC(=O)c1ccccc1I. The first-order valence-electron chi connectivity index (χ1n) is 5.43. The lowest BCUT2D eigenvalue weighted by molar-refractivity contribution is -0.127. The van der Waals surface area contributed by atoms with E-state index >= 15 is 0 Å². The van der Waals surface area contributed by atoms with E-state index in [0.717, 1.165) is 3.57 Å². The lowest BCUT2D eigenvalue weighted by Gasteiger charge is -2.07. The second-order valence-electron chi connectivity index (χ2n) is 3.51. The Balaban J connectivity index is 2.40. The summed E-state index contributed by atoms with van der Waals surface area (Å²) in [6, 6.07) is 6.90. The molecular formula is C12H13IN2O4. The van der Waals surface area contributed by atoms with E-state index in [0.29, 0.717) is 5.56 Å². The number of benzene rings is 1. The Morgan fingerprint density at radius 1 is 1.21 bits per heavy atom. The Morgan fingerprint density at radius 3 is 2.53 bits per heavy atom. The highest BCUT2D eigenvalue weighted by Gasteiger charge is 2.12. The lowest BCUT2D eigenvalue weighted by atomic mass is 10.2. The Morgan fingerprint density at radius 2 is 1.89 bits per heavy atom. The van der Waals surface area contributed by atoms with Gasteiger partial charge in [0.25, 0.3) is 5.91 Å². The van der Waals surface area contributed by atoms with Crippen molar-refractivity contribution in [1.82, 2.24) is 10.6 Å². The van der Waals surface area contributed by atoms with Gasteiger partial charge in [0.1, 0.15) is 0 Å². The molecule has 0 aromatic heterocycles. The van der Waals surface area contributed by atoms with E-state index in [1.165, 1.54) is 7.05 Å². The van der Waals surface area contributed by atoms with Crippen molar-refractivity contribution in [2.24, 2.45) is 0 Å². The average Bonchev–Trinajstić information content (AvgIpc) is 2.42. The van der Waals surface area contributed by atoms with E-state index in [-0.39, 0.29) is 12.5 Å². The number of carbonyl (C=O) groups excluding carboxylic acids is 3. The van der Waals surface area contributed by atoms with Crippen molar-refractivity contribution in [3.8, 4) is 0 Å². The van der Waals surface area contributed by atoms with Crippen LogP contribution in [0.5, 0.6) is 0 Å².